The van der Waals surface area contributed by atoms with Gasteiger partial charge in [0, 0.05) is 17.8 Å². The Hall–Kier alpha value is -2.01. The zero-order valence-electron chi connectivity index (χ0n) is 10.7. The van der Waals surface area contributed by atoms with Gasteiger partial charge >= 0.3 is 0 Å². The molecule has 1 amide bonds. The summed E-state index contributed by atoms with van der Waals surface area (Å²) in [5.74, 6) is 0.369. The van der Waals surface area contributed by atoms with Crippen LogP contribution >= 0.6 is 11.6 Å². The molecule has 100 valence electrons. The quantitative estimate of drug-likeness (QED) is 0.846. The second-order valence-electron chi connectivity index (χ2n) is 4.19. The number of nitrogens with two attached hydrogens (primary N) is 1. The summed E-state index contributed by atoms with van der Waals surface area (Å²) < 4.78 is 5.03. The molecule has 1 heterocycles. The zero-order valence-corrected chi connectivity index (χ0v) is 11.4. The number of amides is 1. The number of nitrogen functional groups attached to an aromatic ring is 1. The van der Waals surface area contributed by atoms with Gasteiger partial charge in [0.25, 0.3) is 5.91 Å². The van der Waals surface area contributed by atoms with Crippen LogP contribution < -0.4 is 11.1 Å². The number of halogens is 1. The molecule has 0 aliphatic rings. The molecule has 0 fully saturated rings. The fourth-order valence-electron chi connectivity index (χ4n) is 1.79. The first kappa shape index (κ1) is 13.4. The number of aromatic nitrogens is 1. The van der Waals surface area contributed by atoms with Gasteiger partial charge in [-0.25, -0.2) is 0 Å². The van der Waals surface area contributed by atoms with Crippen LogP contribution in [0.5, 0.6) is 0 Å². The van der Waals surface area contributed by atoms with E-state index in [0.29, 0.717) is 23.0 Å². The van der Waals surface area contributed by atoms with E-state index in [1.807, 2.05) is 6.92 Å². The average Bonchev–Trinajstić information content (AvgIpc) is 2.66. The van der Waals surface area contributed by atoms with E-state index in [1.165, 1.54) is 0 Å². The fraction of sp³-hybridized carbons (Fsp3) is 0.231. The van der Waals surface area contributed by atoms with E-state index in [-0.39, 0.29) is 11.5 Å². The number of carbonyl (C=O) groups is 1. The third kappa shape index (κ3) is 2.71. The van der Waals surface area contributed by atoms with Gasteiger partial charge in [-0.2, -0.15) is 0 Å². The van der Waals surface area contributed by atoms with E-state index in [1.54, 1.807) is 25.1 Å². The second kappa shape index (κ2) is 5.32. The van der Waals surface area contributed by atoms with Crippen molar-refractivity contribution in [2.45, 2.75) is 20.4 Å². The molecule has 1 aromatic carbocycles. The van der Waals surface area contributed by atoms with E-state index in [4.69, 9.17) is 21.9 Å². The molecule has 1 aromatic heterocycles. The number of benzene rings is 1. The molecule has 0 radical (unpaired) electrons. The molecule has 0 aliphatic heterocycles. The third-order valence-electron chi connectivity index (χ3n) is 2.88. The molecule has 2 aromatic rings. The molecule has 0 saturated heterocycles. The molecule has 19 heavy (non-hydrogen) atoms. The maximum atomic E-state index is 12.1. The van der Waals surface area contributed by atoms with Gasteiger partial charge in [-0.05, 0) is 26.0 Å². The summed E-state index contributed by atoms with van der Waals surface area (Å²) >= 11 is 5.98. The maximum absolute atomic E-state index is 12.1. The minimum absolute atomic E-state index is 0.288. The van der Waals surface area contributed by atoms with Crippen molar-refractivity contribution in [3.8, 4) is 0 Å². The number of rotatable bonds is 3. The van der Waals surface area contributed by atoms with Crippen molar-refractivity contribution in [3.05, 3.63) is 45.8 Å². The Morgan fingerprint density at radius 1 is 1.47 bits per heavy atom. The monoisotopic (exact) mass is 279 g/mol. The average molecular weight is 280 g/mol. The Morgan fingerprint density at radius 2 is 2.21 bits per heavy atom. The van der Waals surface area contributed by atoms with Gasteiger partial charge in [0.1, 0.15) is 5.76 Å². The lowest BCUT2D eigenvalue weighted by Crippen LogP contribution is -2.24. The van der Waals surface area contributed by atoms with E-state index in [2.05, 4.69) is 10.5 Å². The second-order valence-corrected chi connectivity index (χ2v) is 4.60. The molecule has 0 atom stereocenters. The Labute approximate surface area is 115 Å². The SMILES string of the molecule is Cc1noc(C)c1CNC(=O)c1c(N)cccc1Cl. The highest BCUT2D eigenvalue weighted by molar-refractivity contribution is 6.34. The summed E-state index contributed by atoms with van der Waals surface area (Å²) in [5.41, 5.74) is 8.01. The number of nitrogens with zero attached hydrogens (tertiary/aromatic N) is 1. The molecule has 5 nitrogen and oxygen atoms in total. The van der Waals surface area contributed by atoms with Crippen molar-refractivity contribution in [1.82, 2.24) is 10.5 Å². The van der Waals surface area contributed by atoms with Crippen LogP contribution in [-0.4, -0.2) is 11.1 Å². The van der Waals surface area contributed by atoms with Crippen LogP contribution in [0.3, 0.4) is 0 Å². The number of anilines is 1. The summed E-state index contributed by atoms with van der Waals surface area (Å²) in [6, 6.07) is 4.96. The van der Waals surface area contributed by atoms with Gasteiger partial charge in [0.15, 0.2) is 0 Å². The predicted octanol–water partition coefficient (Wildman–Crippen LogP) is 2.46. The molecule has 0 bridgehead atoms. The van der Waals surface area contributed by atoms with Crippen molar-refractivity contribution in [2.75, 3.05) is 5.73 Å². The largest absolute Gasteiger partial charge is 0.398 e. The normalized spacial score (nSPS) is 10.5. The first-order valence-electron chi connectivity index (χ1n) is 5.74. The smallest absolute Gasteiger partial charge is 0.255 e. The lowest BCUT2D eigenvalue weighted by molar-refractivity contribution is 0.0952. The topological polar surface area (TPSA) is 81.2 Å². The van der Waals surface area contributed by atoms with Gasteiger partial charge in [-0.15, -0.1) is 0 Å². The molecular formula is C13H14ClN3O2. The predicted molar refractivity (Wildman–Crippen MR) is 73.0 cm³/mol. The fourth-order valence-corrected chi connectivity index (χ4v) is 2.06. The van der Waals surface area contributed by atoms with Gasteiger partial charge in [-0.1, -0.05) is 22.8 Å². The summed E-state index contributed by atoms with van der Waals surface area (Å²) in [7, 11) is 0. The number of nitrogens with one attached hydrogen (secondary N) is 1. The van der Waals surface area contributed by atoms with E-state index in [0.717, 1.165) is 11.3 Å². The van der Waals surface area contributed by atoms with Crippen LogP contribution in [-0.2, 0) is 6.54 Å². The maximum Gasteiger partial charge on any atom is 0.255 e. The first-order chi connectivity index (χ1) is 9.00. The summed E-state index contributed by atoms with van der Waals surface area (Å²) in [4.78, 5) is 12.1. The highest BCUT2D eigenvalue weighted by Gasteiger charge is 2.15. The molecule has 0 unspecified atom stereocenters. The minimum Gasteiger partial charge on any atom is -0.398 e. The summed E-state index contributed by atoms with van der Waals surface area (Å²) in [6.07, 6.45) is 0. The van der Waals surface area contributed by atoms with Crippen molar-refractivity contribution in [2.24, 2.45) is 0 Å². The Kier molecular flexibility index (Phi) is 3.76. The van der Waals surface area contributed by atoms with Crippen LogP contribution in [0.2, 0.25) is 5.02 Å². The number of carbonyl (C=O) groups excluding carboxylic acids is 1. The molecule has 0 spiro atoms. The molecule has 0 aliphatic carbocycles. The van der Waals surface area contributed by atoms with Crippen LogP contribution in [0, 0.1) is 13.8 Å². The first-order valence-corrected chi connectivity index (χ1v) is 6.12. The Balaban J connectivity index is 2.15. The highest BCUT2D eigenvalue weighted by atomic mass is 35.5. The van der Waals surface area contributed by atoms with Crippen molar-refractivity contribution >= 4 is 23.2 Å². The van der Waals surface area contributed by atoms with Crippen molar-refractivity contribution in [3.63, 3.8) is 0 Å². The zero-order chi connectivity index (χ0) is 14.0. The van der Waals surface area contributed by atoms with E-state index >= 15 is 0 Å². The minimum atomic E-state index is -0.317. The highest BCUT2D eigenvalue weighted by Crippen LogP contribution is 2.22. The number of aryl methyl sites for hydroxylation is 2. The molecule has 2 rings (SSSR count). The summed E-state index contributed by atoms with van der Waals surface area (Å²) in [5, 5.41) is 6.92. The van der Waals surface area contributed by atoms with Gasteiger partial charge in [0.2, 0.25) is 0 Å². The van der Waals surface area contributed by atoms with E-state index < -0.39 is 0 Å². The molecule has 6 heteroatoms. The summed E-state index contributed by atoms with van der Waals surface area (Å²) in [6.45, 7) is 3.94. The number of hydrogen-bond acceptors (Lipinski definition) is 4. The molecule has 3 N–H and O–H groups in total. The van der Waals surface area contributed by atoms with Crippen LogP contribution in [0.15, 0.2) is 22.7 Å². The van der Waals surface area contributed by atoms with Crippen molar-refractivity contribution in [1.29, 1.82) is 0 Å². The van der Waals surface area contributed by atoms with Crippen LogP contribution in [0.25, 0.3) is 0 Å². The lowest BCUT2D eigenvalue weighted by Gasteiger charge is -2.08. The Bertz CT molecular complexity index is 583. The third-order valence-corrected chi connectivity index (χ3v) is 3.19. The number of hydrogen-bond donors (Lipinski definition) is 2. The Morgan fingerprint density at radius 3 is 2.79 bits per heavy atom. The van der Waals surface area contributed by atoms with Gasteiger partial charge in [-0.3, -0.25) is 4.79 Å². The lowest BCUT2D eigenvalue weighted by atomic mass is 10.1. The van der Waals surface area contributed by atoms with Crippen LogP contribution in [0.4, 0.5) is 5.69 Å². The molecule has 0 saturated carbocycles. The van der Waals surface area contributed by atoms with Crippen LogP contribution in [0.1, 0.15) is 27.4 Å². The van der Waals surface area contributed by atoms with Gasteiger partial charge in [0.05, 0.1) is 16.3 Å². The van der Waals surface area contributed by atoms with Crippen molar-refractivity contribution < 1.29 is 9.32 Å². The standard InChI is InChI=1S/C13H14ClN3O2/c1-7-9(8(2)19-17-7)6-16-13(18)12-10(14)4-3-5-11(12)15/h3-5H,6,15H2,1-2H3,(H,16,18). The van der Waals surface area contributed by atoms with E-state index in [9.17, 15) is 4.79 Å². The molecular weight excluding hydrogens is 266 g/mol. The van der Waals surface area contributed by atoms with Gasteiger partial charge < -0.3 is 15.6 Å².